The van der Waals surface area contributed by atoms with Crippen LogP contribution in [-0.4, -0.2) is 28.4 Å². The van der Waals surface area contributed by atoms with Crippen molar-refractivity contribution in [2.24, 2.45) is 0 Å². The Kier molecular flexibility index (Phi) is 4.61. The van der Waals surface area contributed by atoms with Crippen molar-refractivity contribution in [3.05, 3.63) is 30.1 Å². The summed E-state index contributed by atoms with van der Waals surface area (Å²) < 4.78 is 0. The average molecular weight is 239 g/mol. The van der Waals surface area contributed by atoms with Crippen molar-refractivity contribution in [1.29, 1.82) is 0 Å². The minimum absolute atomic E-state index is 0.724. The number of rotatable bonds is 5. The molecule has 16 heavy (non-hydrogen) atoms. The van der Waals surface area contributed by atoms with Crippen LogP contribution in [0.5, 0.6) is 0 Å². The van der Waals surface area contributed by atoms with Crippen LogP contribution in [0.25, 0.3) is 0 Å². The van der Waals surface area contributed by atoms with Gasteiger partial charge in [0.25, 0.3) is 0 Å². The second kappa shape index (κ2) is 6.21. The van der Waals surface area contributed by atoms with Crippen LogP contribution in [0.2, 0.25) is 0 Å². The zero-order valence-corrected chi connectivity index (χ0v) is 10.4. The summed E-state index contributed by atoms with van der Waals surface area (Å²) in [4.78, 5) is 6.57. The number of hydrogen-bond donors (Lipinski definition) is 0. The highest BCUT2D eigenvalue weighted by Crippen LogP contribution is 2.24. The number of nitrogens with zero attached hydrogens (tertiary/aromatic N) is 2. The van der Waals surface area contributed by atoms with Gasteiger partial charge < -0.3 is 0 Å². The van der Waals surface area contributed by atoms with E-state index in [1.54, 1.807) is 0 Å². The molecule has 0 spiro atoms. The summed E-state index contributed by atoms with van der Waals surface area (Å²) in [5, 5.41) is 0. The monoisotopic (exact) mass is 238 g/mol. The van der Waals surface area contributed by atoms with Crippen molar-refractivity contribution < 1.29 is 0 Å². The maximum atomic E-state index is 5.89. The minimum Gasteiger partial charge on any atom is -0.295 e. The van der Waals surface area contributed by atoms with Gasteiger partial charge in [-0.3, -0.25) is 9.88 Å². The lowest BCUT2D eigenvalue weighted by atomic mass is 10.1. The Balaban J connectivity index is 1.96. The topological polar surface area (TPSA) is 16.1 Å². The van der Waals surface area contributed by atoms with E-state index in [-0.39, 0.29) is 0 Å². The lowest BCUT2D eigenvalue weighted by Gasteiger charge is -2.28. The maximum absolute atomic E-state index is 5.89. The molecule has 0 saturated heterocycles. The van der Waals surface area contributed by atoms with E-state index >= 15 is 0 Å². The molecule has 1 aliphatic rings. The highest BCUT2D eigenvalue weighted by Gasteiger charge is 2.21. The molecular weight excluding hydrogens is 220 g/mol. The molecule has 0 aromatic carbocycles. The van der Waals surface area contributed by atoms with Crippen LogP contribution in [0.15, 0.2) is 24.5 Å². The molecule has 1 saturated carbocycles. The summed E-state index contributed by atoms with van der Waals surface area (Å²) in [6.07, 6.45) is 9.15. The molecular formula is C13H19ClN2. The number of alkyl halides is 1. The average Bonchev–Trinajstić information content (AvgIpc) is 2.83. The summed E-state index contributed by atoms with van der Waals surface area (Å²) in [6, 6.07) is 4.93. The number of hydrogen-bond acceptors (Lipinski definition) is 2. The first-order chi connectivity index (χ1) is 7.90. The molecule has 2 rings (SSSR count). The fourth-order valence-electron chi connectivity index (χ4n) is 2.49. The Morgan fingerprint density at radius 3 is 2.56 bits per heavy atom. The lowest BCUT2D eigenvalue weighted by molar-refractivity contribution is 0.201. The summed E-state index contributed by atoms with van der Waals surface area (Å²) in [5.74, 6) is 0.724. The molecule has 0 amide bonds. The van der Waals surface area contributed by atoms with E-state index in [0.29, 0.717) is 0 Å². The third-order valence-corrected chi connectivity index (χ3v) is 3.52. The Labute approximate surface area is 103 Å². The zero-order chi connectivity index (χ0) is 11.2. The second-order valence-electron chi connectivity index (χ2n) is 4.45. The molecule has 0 unspecified atom stereocenters. The zero-order valence-electron chi connectivity index (χ0n) is 9.61. The maximum Gasteiger partial charge on any atom is 0.0351 e. The Bertz CT molecular complexity index is 296. The number of aromatic nitrogens is 1. The molecule has 0 aliphatic heterocycles. The molecule has 0 radical (unpaired) electrons. The van der Waals surface area contributed by atoms with E-state index in [2.05, 4.69) is 22.0 Å². The van der Waals surface area contributed by atoms with Crippen molar-refractivity contribution >= 4 is 11.6 Å². The van der Waals surface area contributed by atoms with Crippen LogP contribution < -0.4 is 0 Å². The van der Waals surface area contributed by atoms with Gasteiger partial charge in [0.15, 0.2) is 0 Å². The van der Waals surface area contributed by atoms with E-state index < -0.39 is 0 Å². The van der Waals surface area contributed by atoms with Crippen molar-refractivity contribution in [3.63, 3.8) is 0 Å². The molecule has 88 valence electrons. The molecule has 1 heterocycles. The van der Waals surface area contributed by atoms with E-state index in [9.17, 15) is 0 Å². The Morgan fingerprint density at radius 2 is 1.94 bits per heavy atom. The SMILES string of the molecule is ClCCN(Cc1ccncc1)C1CCCC1. The summed E-state index contributed by atoms with van der Waals surface area (Å²) in [5.41, 5.74) is 1.34. The molecule has 0 bridgehead atoms. The van der Waals surface area contributed by atoms with Crippen LogP contribution in [0.1, 0.15) is 31.2 Å². The van der Waals surface area contributed by atoms with Crippen LogP contribution in [0.3, 0.4) is 0 Å². The predicted molar refractivity (Wildman–Crippen MR) is 67.6 cm³/mol. The first-order valence-electron chi connectivity index (χ1n) is 6.09. The molecule has 1 fully saturated rings. The first-order valence-corrected chi connectivity index (χ1v) is 6.62. The van der Waals surface area contributed by atoms with Crippen LogP contribution >= 0.6 is 11.6 Å². The van der Waals surface area contributed by atoms with Crippen LogP contribution in [0.4, 0.5) is 0 Å². The first kappa shape index (κ1) is 11.9. The Morgan fingerprint density at radius 1 is 1.25 bits per heavy atom. The Hall–Kier alpha value is -0.600. The van der Waals surface area contributed by atoms with Gasteiger partial charge in [-0.25, -0.2) is 0 Å². The number of pyridine rings is 1. The summed E-state index contributed by atoms with van der Waals surface area (Å²) in [6.45, 7) is 2.01. The van der Waals surface area contributed by atoms with E-state index in [1.165, 1.54) is 31.2 Å². The number of halogens is 1. The van der Waals surface area contributed by atoms with Gasteiger partial charge in [-0.05, 0) is 30.5 Å². The van der Waals surface area contributed by atoms with Gasteiger partial charge in [0, 0.05) is 37.4 Å². The quantitative estimate of drug-likeness (QED) is 0.733. The van der Waals surface area contributed by atoms with Crippen molar-refractivity contribution in [2.45, 2.75) is 38.3 Å². The fraction of sp³-hybridized carbons (Fsp3) is 0.615. The van der Waals surface area contributed by atoms with E-state index in [4.69, 9.17) is 11.6 Å². The molecule has 1 aromatic heterocycles. The lowest BCUT2D eigenvalue weighted by Crippen LogP contribution is -2.34. The summed E-state index contributed by atoms with van der Waals surface area (Å²) in [7, 11) is 0. The second-order valence-corrected chi connectivity index (χ2v) is 4.83. The standard InChI is InChI=1S/C13H19ClN2/c14-7-10-16(13-3-1-2-4-13)11-12-5-8-15-9-6-12/h5-6,8-9,13H,1-4,7,10-11H2. The van der Waals surface area contributed by atoms with Gasteiger partial charge >= 0.3 is 0 Å². The van der Waals surface area contributed by atoms with Gasteiger partial charge in [0.1, 0.15) is 0 Å². The highest BCUT2D eigenvalue weighted by molar-refractivity contribution is 6.18. The van der Waals surface area contributed by atoms with Gasteiger partial charge in [0.2, 0.25) is 0 Å². The normalized spacial score (nSPS) is 17.1. The van der Waals surface area contributed by atoms with Gasteiger partial charge in [-0.1, -0.05) is 12.8 Å². The minimum atomic E-state index is 0.724. The van der Waals surface area contributed by atoms with Gasteiger partial charge in [0.05, 0.1) is 0 Å². The van der Waals surface area contributed by atoms with Crippen molar-refractivity contribution in [1.82, 2.24) is 9.88 Å². The van der Waals surface area contributed by atoms with E-state index in [1.807, 2.05) is 12.4 Å². The van der Waals surface area contributed by atoms with Gasteiger partial charge in [-0.15, -0.1) is 11.6 Å². The van der Waals surface area contributed by atoms with E-state index in [0.717, 1.165) is 25.0 Å². The smallest absolute Gasteiger partial charge is 0.0351 e. The van der Waals surface area contributed by atoms with Crippen molar-refractivity contribution in [2.75, 3.05) is 12.4 Å². The predicted octanol–water partition coefficient (Wildman–Crippen LogP) is 3.07. The molecule has 1 aliphatic carbocycles. The third kappa shape index (κ3) is 3.19. The largest absolute Gasteiger partial charge is 0.295 e. The molecule has 3 heteroatoms. The summed E-state index contributed by atoms with van der Waals surface area (Å²) >= 11 is 5.89. The third-order valence-electron chi connectivity index (χ3n) is 3.35. The molecule has 1 aromatic rings. The van der Waals surface area contributed by atoms with Crippen molar-refractivity contribution in [3.8, 4) is 0 Å². The van der Waals surface area contributed by atoms with Gasteiger partial charge in [-0.2, -0.15) is 0 Å². The highest BCUT2D eigenvalue weighted by atomic mass is 35.5. The molecule has 2 nitrogen and oxygen atoms in total. The molecule has 0 atom stereocenters. The molecule has 0 N–H and O–H groups in total. The fourth-order valence-corrected chi connectivity index (χ4v) is 2.71. The van der Waals surface area contributed by atoms with Crippen LogP contribution in [0, 0.1) is 0 Å². The van der Waals surface area contributed by atoms with Crippen LogP contribution in [-0.2, 0) is 6.54 Å².